The second-order valence-electron chi connectivity index (χ2n) is 8.76. The van der Waals surface area contributed by atoms with Crippen LogP contribution >= 0.6 is 0 Å². The lowest BCUT2D eigenvalue weighted by atomic mass is 9.65. The molecule has 0 aromatic carbocycles. The Kier molecular flexibility index (Phi) is 5.13. The summed E-state index contributed by atoms with van der Waals surface area (Å²) >= 11 is 0. The molecule has 3 fully saturated rings. The molecule has 3 aliphatic rings. The van der Waals surface area contributed by atoms with Gasteiger partial charge in [-0.15, -0.1) is 0 Å². The average molecular weight is 351 g/mol. The second-order valence-corrected chi connectivity index (χ2v) is 8.76. The minimum absolute atomic E-state index is 0.0237. The van der Waals surface area contributed by atoms with E-state index in [1.807, 2.05) is 6.92 Å². The third-order valence-electron chi connectivity index (χ3n) is 6.77. The first kappa shape index (κ1) is 18.6. The van der Waals surface area contributed by atoms with Crippen LogP contribution in [0.25, 0.3) is 0 Å². The molecule has 0 aromatic heterocycles. The first-order chi connectivity index (χ1) is 11.8. The van der Waals surface area contributed by atoms with Gasteiger partial charge in [-0.25, -0.2) is 9.69 Å². The van der Waals surface area contributed by atoms with Gasteiger partial charge in [-0.1, -0.05) is 27.2 Å². The van der Waals surface area contributed by atoms with Crippen molar-refractivity contribution in [3.8, 4) is 0 Å². The van der Waals surface area contributed by atoms with Crippen LogP contribution in [-0.2, 0) is 9.53 Å². The highest BCUT2D eigenvalue weighted by molar-refractivity contribution is 6.07. The number of imide groups is 1. The molecular weight excluding hydrogens is 318 g/mol. The zero-order chi connectivity index (χ0) is 18.2. The number of urea groups is 1. The van der Waals surface area contributed by atoms with Crippen molar-refractivity contribution in [1.82, 2.24) is 15.1 Å². The fraction of sp³-hybridized carbons (Fsp3) is 0.895. The van der Waals surface area contributed by atoms with Crippen molar-refractivity contribution in [2.45, 2.75) is 71.4 Å². The normalized spacial score (nSPS) is 34.6. The molecule has 1 spiro atoms. The molecule has 1 N–H and O–H groups in total. The molecule has 1 unspecified atom stereocenters. The lowest BCUT2D eigenvalue weighted by molar-refractivity contribution is -0.135. The molecule has 1 saturated carbocycles. The number of amides is 3. The molecule has 2 aliphatic heterocycles. The Labute approximate surface area is 151 Å². The Morgan fingerprint density at radius 1 is 1.28 bits per heavy atom. The monoisotopic (exact) mass is 351 g/mol. The van der Waals surface area contributed by atoms with Crippen LogP contribution in [0.2, 0.25) is 0 Å². The summed E-state index contributed by atoms with van der Waals surface area (Å²) in [6.45, 7) is 11.5. The number of nitrogens with one attached hydrogen (secondary N) is 1. The Balaban J connectivity index is 1.63. The zero-order valence-electron chi connectivity index (χ0n) is 16.1. The predicted octanol–water partition coefficient (Wildman–Crippen LogP) is 2.58. The molecule has 0 bridgehead atoms. The smallest absolute Gasteiger partial charge is 0.326 e. The number of rotatable bonds is 4. The standard InChI is InChI=1S/C19H33N3O3/c1-5-18(3,4)15-6-8-19(9-7-15)16(23)22(17(24)20-19)13-21-10-11-25-14(2)12-21/h14-15H,5-13H2,1-4H3,(H,20,24). The SMILES string of the molecule is CCC(C)(C)C1CCC2(CC1)NC(=O)N(CN1CCOC(C)C1)C2=O. The molecule has 2 heterocycles. The van der Waals surface area contributed by atoms with E-state index >= 15 is 0 Å². The van der Waals surface area contributed by atoms with E-state index in [9.17, 15) is 9.59 Å². The molecule has 142 valence electrons. The van der Waals surface area contributed by atoms with Gasteiger partial charge in [0.2, 0.25) is 0 Å². The van der Waals surface area contributed by atoms with Crippen molar-refractivity contribution in [2.75, 3.05) is 26.4 Å². The molecule has 2 saturated heterocycles. The van der Waals surface area contributed by atoms with E-state index < -0.39 is 5.54 Å². The summed E-state index contributed by atoms with van der Waals surface area (Å²) in [5, 5.41) is 3.04. The maximum absolute atomic E-state index is 13.1. The summed E-state index contributed by atoms with van der Waals surface area (Å²) in [7, 11) is 0. The molecule has 1 aliphatic carbocycles. The molecular formula is C19H33N3O3. The number of hydrogen-bond donors (Lipinski definition) is 1. The van der Waals surface area contributed by atoms with Crippen LogP contribution in [0.15, 0.2) is 0 Å². The highest BCUT2D eigenvalue weighted by Crippen LogP contribution is 2.45. The average Bonchev–Trinajstić information content (AvgIpc) is 2.80. The fourth-order valence-electron chi connectivity index (χ4n) is 4.54. The number of nitrogens with zero attached hydrogens (tertiary/aromatic N) is 2. The van der Waals surface area contributed by atoms with Gasteiger partial charge in [0.15, 0.2) is 0 Å². The molecule has 1 atom stereocenters. The number of morpholine rings is 1. The number of carbonyl (C=O) groups is 2. The maximum atomic E-state index is 13.1. The van der Waals surface area contributed by atoms with E-state index in [4.69, 9.17) is 4.74 Å². The van der Waals surface area contributed by atoms with Crippen LogP contribution < -0.4 is 5.32 Å². The molecule has 0 radical (unpaired) electrons. The van der Waals surface area contributed by atoms with Crippen LogP contribution in [0, 0.1) is 11.3 Å². The summed E-state index contributed by atoms with van der Waals surface area (Å²) in [6, 6.07) is -0.225. The lowest BCUT2D eigenvalue weighted by Gasteiger charge is -2.42. The van der Waals surface area contributed by atoms with Gasteiger partial charge in [-0.3, -0.25) is 9.69 Å². The van der Waals surface area contributed by atoms with Crippen LogP contribution in [0.4, 0.5) is 4.79 Å². The Morgan fingerprint density at radius 3 is 2.56 bits per heavy atom. The second kappa shape index (κ2) is 6.88. The van der Waals surface area contributed by atoms with Crippen molar-refractivity contribution in [1.29, 1.82) is 0 Å². The van der Waals surface area contributed by atoms with Crippen molar-refractivity contribution in [3.05, 3.63) is 0 Å². The van der Waals surface area contributed by atoms with Crippen molar-refractivity contribution >= 4 is 11.9 Å². The van der Waals surface area contributed by atoms with Crippen LogP contribution in [0.5, 0.6) is 0 Å². The lowest BCUT2D eigenvalue weighted by Crippen LogP contribution is -2.52. The quantitative estimate of drug-likeness (QED) is 0.791. The van der Waals surface area contributed by atoms with Gasteiger partial charge in [-0.2, -0.15) is 0 Å². The Bertz CT molecular complexity index is 526. The van der Waals surface area contributed by atoms with Gasteiger partial charge in [0.05, 0.1) is 19.4 Å². The molecule has 0 aromatic rings. The van der Waals surface area contributed by atoms with Gasteiger partial charge < -0.3 is 10.1 Å². The van der Waals surface area contributed by atoms with Gasteiger partial charge in [0.1, 0.15) is 5.54 Å². The predicted molar refractivity (Wildman–Crippen MR) is 96.0 cm³/mol. The van der Waals surface area contributed by atoms with Crippen LogP contribution in [0.3, 0.4) is 0 Å². The fourth-order valence-corrected chi connectivity index (χ4v) is 4.54. The van der Waals surface area contributed by atoms with Gasteiger partial charge in [0.25, 0.3) is 5.91 Å². The van der Waals surface area contributed by atoms with Gasteiger partial charge in [0, 0.05) is 13.1 Å². The molecule has 3 rings (SSSR count). The van der Waals surface area contributed by atoms with Crippen molar-refractivity contribution in [3.63, 3.8) is 0 Å². The summed E-state index contributed by atoms with van der Waals surface area (Å²) in [5.41, 5.74) is -0.355. The third-order valence-corrected chi connectivity index (χ3v) is 6.77. The Morgan fingerprint density at radius 2 is 1.96 bits per heavy atom. The summed E-state index contributed by atoms with van der Waals surface area (Å²) in [4.78, 5) is 29.1. The molecule has 3 amide bonds. The summed E-state index contributed by atoms with van der Waals surface area (Å²) in [6.07, 6.45) is 4.84. The number of hydrogen-bond acceptors (Lipinski definition) is 4. The maximum Gasteiger partial charge on any atom is 0.326 e. The molecule has 6 heteroatoms. The topological polar surface area (TPSA) is 61.9 Å². The minimum atomic E-state index is -0.657. The van der Waals surface area contributed by atoms with Crippen molar-refractivity contribution in [2.24, 2.45) is 11.3 Å². The third kappa shape index (κ3) is 3.56. The molecule has 25 heavy (non-hydrogen) atoms. The zero-order valence-corrected chi connectivity index (χ0v) is 16.1. The van der Waals surface area contributed by atoms with Crippen molar-refractivity contribution < 1.29 is 14.3 Å². The highest BCUT2D eigenvalue weighted by Gasteiger charge is 2.53. The minimum Gasteiger partial charge on any atom is -0.376 e. The summed E-state index contributed by atoms with van der Waals surface area (Å²) < 4.78 is 5.54. The van der Waals surface area contributed by atoms with Gasteiger partial charge >= 0.3 is 6.03 Å². The van der Waals surface area contributed by atoms with E-state index in [1.165, 1.54) is 4.90 Å². The van der Waals surface area contributed by atoms with E-state index in [0.717, 1.165) is 45.2 Å². The van der Waals surface area contributed by atoms with Gasteiger partial charge in [-0.05, 0) is 43.9 Å². The first-order valence-corrected chi connectivity index (χ1v) is 9.75. The van der Waals surface area contributed by atoms with E-state index in [1.54, 1.807) is 0 Å². The largest absolute Gasteiger partial charge is 0.376 e. The van der Waals surface area contributed by atoms with E-state index in [-0.39, 0.29) is 18.0 Å². The highest BCUT2D eigenvalue weighted by atomic mass is 16.5. The van der Waals surface area contributed by atoms with E-state index in [2.05, 4.69) is 31.0 Å². The first-order valence-electron chi connectivity index (χ1n) is 9.75. The molecule has 6 nitrogen and oxygen atoms in total. The van der Waals surface area contributed by atoms with Crippen LogP contribution in [-0.4, -0.2) is 59.7 Å². The number of ether oxygens (including phenoxy) is 1. The summed E-state index contributed by atoms with van der Waals surface area (Å²) in [5.74, 6) is 0.603. The number of carbonyl (C=O) groups excluding carboxylic acids is 2. The van der Waals surface area contributed by atoms with E-state index in [0.29, 0.717) is 24.6 Å². The van der Waals surface area contributed by atoms with Crippen LogP contribution in [0.1, 0.15) is 59.8 Å². The Hall–Kier alpha value is -1.14.